The fourth-order valence-corrected chi connectivity index (χ4v) is 0.441. The molecule has 0 saturated heterocycles. The van der Waals surface area contributed by atoms with Crippen molar-refractivity contribution < 1.29 is 14.3 Å². The Labute approximate surface area is 70.9 Å². The highest BCUT2D eigenvalue weighted by Gasteiger charge is 2.00. The smallest absolute Gasteiger partial charge is 0.325 e. The van der Waals surface area contributed by atoms with Crippen molar-refractivity contribution in [3.63, 3.8) is 0 Å². The van der Waals surface area contributed by atoms with Gasteiger partial charge in [0.15, 0.2) is 0 Å². The Bertz CT molecular complexity index is 208. The lowest BCUT2D eigenvalue weighted by atomic mass is 10.6. The lowest BCUT2D eigenvalue weighted by Crippen LogP contribution is -2.28. The number of carbonyl (C=O) groups excluding carboxylic acids is 2. The fourth-order valence-electron chi connectivity index (χ4n) is 0.441. The molecular weight excluding hydrogens is 158 g/mol. The van der Waals surface area contributed by atoms with Gasteiger partial charge in [0.05, 0.1) is 0 Å². The molecule has 0 aliphatic heterocycles. The van der Waals surface area contributed by atoms with Gasteiger partial charge in [-0.3, -0.25) is 9.59 Å². The molecule has 0 rings (SSSR count). The molecule has 66 valence electrons. The molecule has 12 heavy (non-hydrogen) atoms. The average Bonchev–Trinajstić information content (AvgIpc) is 2.01. The summed E-state index contributed by atoms with van der Waals surface area (Å²) in [5.74, 6) is -0.733. The molecular formula is C8H11NO3. The first-order valence-corrected chi connectivity index (χ1v) is 3.41. The van der Waals surface area contributed by atoms with Crippen LogP contribution in [-0.4, -0.2) is 25.0 Å². The maximum absolute atomic E-state index is 10.7. The zero-order valence-corrected chi connectivity index (χ0v) is 6.92. The molecule has 0 saturated carbocycles. The Morgan fingerprint density at radius 1 is 1.67 bits per heavy atom. The fraction of sp³-hybridized carbons (Fsp3) is 0.375. The lowest BCUT2D eigenvalue weighted by molar-refractivity contribution is -0.142. The third-order valence-corrected chi connectivity index (χ3v) is 0.954. The number of ether oxygens (including phenoxy) is 1. The molecule has 4 heteroatoms. The van der Waals surface area contributed by atoms with E-state index in [1.54, 1.807) is 0 Å². The molecule has 0 unspecified atom stereocenters. The monoisotopic (exact) mass is 169 g/mol. The Morgan fingerprint density at radius 3 is 2.83 bits per heavy atom. The summed E-state index contributed by atoms with van der Waals surface area (Å²) in [6.07, 6.45) is 1.48. The lowest BCUT2D eigenvalue weighted by Gasteiger charge is -2.00. The highest BCUT2D eigenvalue weighted by molar-refractivity contribution is 5.80. The topological polar surface area (TPSA) is 55.4 Å². The third kappa shape index (κ3) is 6.58. The van der Waals surface area contributed by atoms with Crippen molar-refractivity contribution in [3.05, 3.63) is 18.4 Å². The standard InChI is InChI=1S/C8H11NO3/c1-3-4-5-12-8(11)6-9-7(2)10/h4H,1,5-6H2,2H3,(H,9,10). The molecule has 0 fully saturated rings. The number of hydrogen-bond donors (Lipinski definition) is 1. The van der Waals surface area contributed by atoms with Gasteiger partial charge in [-0.15, -0.1) is 5.73 Å². The molecule has 0 aromatic carbocycles. The van der Waals surface area contributed by atoms with E-state index in [1.165, 1.54) is 13.0 Å². The van der Waals surface area contributed by atoms with Crippen LogP contribution in [-0.2, 0) is 14.3 Å². The zero-order valence-electron chi connectivity index (χ0n) is 6.92. The first kappa shape index (κ1) is 10.5. The molecule has 0 bridgehead atoms. The number of rotatable bonds is 4. The van der Waals surface area contributed by atoms with Crippen LogP contribution < -0.4 is 5.32 Å². The van der Waals surface area contributed by atoms with Gasteiger partial charge < -0.3 is 10.1 Å². The van der Waals surface area contributed by atoms with Crippen molar-refractivity contribution in [3.8, 4) is 0 Å². The molecule has 1 amide bonds. The van der Waals surface area contributed by atoms with Crippen molar-refractivity contribution in [1.82, 2.24) is 5.32 Å². The van der Waals surface area contributed by atoms with Crippen LogP contribution in [0.2, 0.25) is 0 Å². The van der Waals surface area contributed by atoms with E-state index in [1.807, 2.05) is 0 Å². The summed E-state index contributed by atoms with van der Waals surface area (Å²) >= 11 is 0. The van der Waals surface area contributed by atoms with Gasteiger partial charge in [-0.05, 0) is 6.08 Å². The summed E-state index contributed by atoms with van der Waals surface area (Å²) in [6.45, 7) is 4.66. The van der Waals surface area contributed by atoms with Crippen LogP contribution in [0.15, 0.2) is 18.4 Å². The van der Waals surface area contributed by atoms with Crippen LogP contribution in [0.4, 0.5) is 0 Å². The van der Waals surface area contributed by atoms with E-state index in [-0.39, 0.29) is 19.1 Å². The summed E-state index contributed by atoms with van der Waals surface area (Å²) < 4.78 is 4.62. The van der Waals surface area contributed by atoms with Gasteiger partial charge in [-0.2, -0.15) is 0 Å². The van der Waals surface area contributed by atoms with Crippen LogP contribution in [0.5, 0.6) is 0 Å². The molecule has 0 aromatic heterocycles. The van der Waals surface area contributed by atoms with Gasteiger partial charge >= 0.3 is 5.97 Å². The number of nitrogens with one attached hydrogen (secondary N) is 1. The molecule has 0 aliphatic rings. The average molecular weight is 169 g/mol. The predicted molar refractivity (Wildman–Crippen MR) is 43.4 cm³/mol. The molecule has 4 nitrogen and oxygen atoms in total. The molecule has 0 radical (unpaired) electrons. The van der Waals surface area contributed by atoms with Crippen molar-refractivity contribution in [1.29, 1.82) is 0 Å². The second-order valence-corrected chi connectivity index (χ2v) is 2.00. The quantitative estimate of drug-likeness (QED) is 0.476. The molecule has 0 aromatic rings. The molecule has 0 aliphatic carbocycles. The van der Waals surface area contributed by atoms with Crippen molar-refractivity contribution >= 4 is 11.9 Å². The van der Waals surface area contributed by atoms with Crippen molar-refractivity contribution in [2.75, 3.05) is 13.2 Å². The summed E-state index contributed by atoms with van der Waals surface area (Å²) in [5, 5.41) is 2.31. The number of carbonyl (C=O) groups is 2. The number of amides is 1. The van der Waals surface area contributed by atoms with Crippen LogP contribution >= 0.6 is 0 Å². The number of hydrogen-bond acceptors (Lipinski definition) is 3. The molecule has 0 heterocycles. The Kier molecular flexibility index (Phi) is 5.39. The normalized spacial score (nSPS) is 8.08. The van der Waals surface area contributed by atoms with Crippen LogP contribution in [0.25, 0.3) is 0 Å². The van der Waals surface area contributed by atoms with E-state index in [9.17, 15) is 9.59 Å². The summed E-state index contributed by atoms with van der Waals surface area (Å²) in [4.78, 5) is 21.0. The molecule has 1 N–H and O–H groups in total. The Morgan fingerprint density at radius 2 is 2.33 bits per heavy atom. The van der Waals surface area contributed by atoms with Gasteiger partial charge in [0.25, 0.3) is 0 Å². The summed E-state index contributed by atoms with van der Waals surface area (Å²) in [6, 6.07) is 0. The Balaban J connectivity index is 3.46. The third-order valence-electron chi connectivity index (χ3n) is 0.954. The van der Waals surface area contributed by atoms with Gasteiger partial charge in [-0.1, -0.05) is 6.58 Å². The second kappa shape index (κ2) is 6.19. The first-order valence-electron chi connectivity index (χ1n) is 3.41. The SMILES string of the molecule is C=C=CCOC(=O)CNC(C)=O. The minimum absolute atomic E-state index is 0.0969. The van der Waals surface area contributed by atoms with Gasteiger partial charge in [-0.25, -0.2) is 0 Å². The minimum Gasteiger partial charge on any atom is -0.459 e. The molecule has 0 spiro atoms. The van der Waals surface area contributed by atoms with Crippen molar-refractivity contribution in [2.24, 2.45) is 0 Å². The van der Waals surface area contributed by atoms with Gasteiger partial charge in [0.1, 0.15) is 13.2 Å². The maximum atomic E-state index is 10.7. The van der Waals surface area contributed by atoms with Crippen LogP contribution in [0.3, 0.4) is 0 Å². The first-order chi connectivity index (χ1) is 5.66. The van der Waals surface area contributed by atoms with E-state index < -0.39 is 5.97 Å². The van der Waals surface area contributed by atoms with E-state index in [4.69, 9.17) is 0 Å². The number of esters is 1. The van der Waals surface area contributed by atoms with E-state index in [0.29, 0.717) is 0 Å². The van der Waals surface area contributed by atoms with Gasteiger partial charge in [0, 0.05) is 6.92 Å². The summed E-state index contributed by atoms with van der Waals surface area (Å²) in [5.41, 5.74) is 2.45. The van der Waals surface area contributed by atoms with E-state index in [0.717, 1.165) is 0 Å². The zero-order chi connectivity index (χ0) is 9.40. The van der Waals surface area contributed by atoms with Crippen molar-refractivity contribution in [2.45, 2.75) is 6.92 Å². The minimum atomic E-state index is -0.475. The van der Waals surface area contributed by atoms with Crippen LogP contribution in [0, 0.1) is 0 Å². The summed E-state index contributed by atoms with van der Waals surface area (Å²) in [7, 11) is 0. The van der Waals surface area contributed by atoms with Gasteiger partial charge in [0.2, 0.25) is 5.91 Å². The van der Waals surface area contributed by atoms with E-state index in [2.05, 4.69) is 22.4 Å². The van der Waals surface area contributed by atoms with E-state index >= 15 is 0 Å². The maximum Gasteiger partial charge on any atom is 0.325 e. The molecule has 0 atom stereocenters. The predicted octanol–water partition coefficient (Wildman–Crippen LogP) is 0.00680. The Hall–Kier alpha value is -1.54. The largest absolute Gasteiger partial charge is 0.459 e. The highest BCUT2D eigenvalue weighted by atomic mass is 16.5. The second-order valence-electron chi connectivity index (χ2n) is 2.00. The highest BCUT2D eigenvalue weighted by Crippen LogP contribution is 1.77. The van der Waals surface area contributed by atoms with Crippen LogP contribution in [0.1, 0.15) is 6.92 Å².